The van der Waals surface area contributed by atoms with Crippen LogP contribution in [0.15, 0.2) is 78.9 Å². The van der Waals surface area contributed by atoms with Crippen molar-refractivity contribution in [3.8, 4) is 5.75 Å². The van der Waals surface area contributed by atoms with Gasteiger partial charge in [-0.1, -0.05) is 54.6 Å². The van der Waals surface area contributed by atoms with Crippen molar-refractivity contribution < 1.29 is 14.6 Å². The Bertz CT molecular complexity index is 1030. The van der Waals surface area contributed by atoms with Crippen LogP contribution in [-0.2, 0) is 11.4 Å². The van der Waals surface area contributed by atoms with E-state index >= 15 is 0 Å². The van der Waals surface area contributed by atoms with Crippen LogP contribution in [0.2, 0.25) is 0 Å². The summed E-state index contributed by atoms with van der Waals surface area (Å²) in [6.45, 7) is 2.07. The molecule has 0 spiro atoms. The number of anilines is 1. The molecule has 5 nitrogen and oxygen atoms in total. The summed E-state index contributed by atoms with van der Waals surface area (Å²) in [5, 5.41) is 9.41. The lowest BCUT2D eigenvalue weighted by Gasteiger charge is -2.37. The molecule has 0 bridgehead atoms. The van der Waals surface area contributed by atoms with Crippen molar-refractivity contribution in [3.05, 3.63) is 95.6 Å². The molecule has 0 aliphatic carbocycles. The third-order valence-corrected chi connectivity index (χ3v) is 6.41. The summed E-state index contributed by atoms with van der Waals surface area (Å²) in [5.74, 6) is -0.0814. The number of benzene rings is 3. The van der Waals surface area contributed by atoms with Gasteiger partial charge in [0.1, 0.15) is 12.4 Å². The average molecular weight is 445 g/mol. The molecule has 0 amide bonds. The quantitative estimate of drug-likeness (QED) is 0.516. The molecule has 1 atom stereocenters. The predicted octanol–water partition coefficient (Wildman–Crippen LogP) is 5.22. The van der Waals surface area contributed by atoms with Crippen LogP contribution < -0.4 is 9.64 Å². The Morgan fingerprint density at radius 1 is 0.939 bits per heavy atom. The van der Waals surface area contributed by atoms with E-state index in [9.17, 15) is 9.90 Å². The molecule has 1 saturated heterocycles. The van der Waals surface area contributed by atoms with Gasteiger partial charge < -0.3 is 14.7 Å². The van der Waals surface area contributed by atoms with Crippen molar-refractivity contribution in [2.24, 2.45) is 5.92 Å². The fraction of sp³-hybridized carbons (Fsp3) is 0.321. The van der Waals surface area contributed by atoms with E-state index in [0.29, 0.717) is 19.4 Å². The first-order valence-corrected chi connectivity index (χ1v) is 11.5. The first kappa shape index (κ1) is 22.9. The number of carboxylic acids is 1. The highest BCUT2D eigenvalue weighted by molar-refractivity contribution is 5.70. The molecule has 1 aliphatic rings. The Morgan fingerprint density at radius 3 is 2.06 bits per heavy atom. The van der Waals surface area contributed by atoms with Crippen molar-refractivity contribution in [1.82, 2.24) is 4.90 Å². The second-order valence-electron chi connectivity index (χ2n) is 8.88. The van der Waals surface area contributed by atoms with Gasteiger partial charge in [0.05, 0.1) is 12.0 Å². The molecule has 5 heteroatoms. The normalized spacial score (nSPS) is 15.7. The van der Waals surface area contributed by atoms with Gasteiger partial charge in [-0.2, -0.15) is 0 Å². The average Bonchev–Trinajstić information content (AvgIpc) is 2.85. The van der Waals surface area contributed by atoms with Gasteiger partial charge in [0.25, 0.3) is 0 Å². The molecule has 0 saturated carbocycles. The third kappa shape index (κ3) is 5.74. The summed E-state index contributed by atoms with van der Waals surface area (Å²) >= 11 is 0. The first-order chi connectivity index (χ1) is 16.0. The highest BCUT2D eigenvalue weighted by atomic mass is 16.5. The second-order valence-corrected chi connectivity index (χ2v) is 8.88. The SMILES string of the molecule is CN(C)c1ccc(C(c2ccc(OCc3ccccc3)cc2)N2CCC(C(=O)O)CC2)cc1. The van der Waals surface area contributed by atoms with Crippen LogP contribution in [0.1, 0.15) is 35.6 Å². The molecule has 1 heterocycles. The largest absolute Gasteiger partial charge is 0.489 e. The zero-order chi connectivity index (χ0) is 23.2. The van der Waals surface area contributed by atoms with Gasteiger partial charge in [0.15, 0.2) is 0 Å². The number of hydrogen-bond donors (Lipinski definition) is 1. The van der Waals surface area contributed by atoms with E-state index in [1.165, 1.54) is 11.1 Å². The number of carboxylic acid groups (broad SMARTS) is 1. The maximum absolute atomic E-state index is 11.4. The summed E-state index contributed by atoms with van der Waals surface area (Å²) in [4.78, 5) is 15.9. The van der Waals surface area contributed by atoms with Crippen LogP contribution in [0.5, 0.6) is 5.75 Å². The Hall–Kier alpha value is -3.31. The molecular weight excluding hydrogens is 412 g/mol. The third-order valence-electron chi connectivity index (χ3n) is 6.41. The van der Waals surface area contributed by atoms with Crippen molar-refractivity contribution in [1.29, 1.82) is 0 Å². The van der Waals surface area contributed by atoms with Crippen LogP contribution in [0, 0.1) is 5.92 Å². The fourth-order valence-corrected chi connectivity index (χ4v) is 4.46. The standard InChI is InChI=1S/C28H32N2O3/c1-29(2)25-12-8-22(9-13-25)27(30-18-16-24(17-19-30)28(31)32)23-10-14-26(15-11-23)33-20-21-6-4-3-5-7-21/h3-15,24,27H,16-20H2,1-2H3,(H,31,32). The monoisotopic (exact) mass is 444 g/mol. The number of carbonyl (C=O) groups is 1. The molecule has 0 radical (unpaired) electrons. The molecule has 1 N–H and O–H groups in total. The predicted molar refractivity (Wildman–Crippen MR) is 132 cm³/mol. The number of ether oxygens (including phenoxy) is 1. The van der Waals surface area contributed by atoms with Gasteiger partial charge in [0.2, 0.25) is 0 Å². The smallest absolute Gasteiger partial charge is 0.306 e. The van der Waals surface area contributed by atoms with E-state index in [4.69, 9.17) is 4.74 Å². The molecule has 3 aromatic rings. The van der Waals surface area contributed by atoms with Crippen molar-refractivity contribution >= 4 is 11.7 Å². The van der Waals surface area contributed by atoms with Crippen molar-refractivity contribution in [2.75, 3.05) is 32.1 Å². The van der Waals surface area contributed by atoms with Gasteiger partial charge in [-0.25, -0.2) is 0 Å². The number of likely N-dealkylation sites (tertiary alicyclic amines) is 1. The lowest BCUT2D eigenvalue weighted by molar-refractivity contribution is -0.143. The molecular formula is C28H32N2O3. The van der Waals surface area contributed by atoms with Crippen LogP contribution in [-0.4, -0.2) is 43.2 Å². The van der Waals surface area contributed by atoms with Crippen LogP contribution >= 0.6 is 0 Å². The van der Waals surface area contributed by atoms with Crippen molar-refractivity contribution in [3.63, 3.8) is 0 Å². The lowest BCUT2D eigenvalue weighted by atomic mass is 9.91. The molecule has 4 rings (SSSR count). The molecule has 1 unspecified atom stereocenters. The van der Waals surface area contributed by atoms with Crippen LogP contribution in [0.4, 0.5) is 5.69 Å². The summed E-state index contributed by atoms with van der Waals surface area (Å²) in [6, 6.07) is 27.2. The van der Waals surface area contributed by atoms with Gasteiger partial charge in [-0.05, 0) is 66.9 Å². The maximum atomic E-state index is 11.4. The molecule has 1 aliphatic heterocycles. The maximum Gasteiger partial charge on any atom is 0.306 e. The minimum Gasteiger partial charge on any atom is -0.489 e. The first-order valence-electron chi connectivity index (χ1n) is 11.5. The number of piperidine rings is 1. The zero-order valence-electron chi connectivity index (χ0n) is 19.4. The molecule has 1 fully saturated rings. The topological polar surface area (TPSA) is 53.0 Å². The highest BCUT2D eigenvalue weighted by Gasteiger charge is 2.30. The highest BCUT2D eigenvalue weighted by Crippen LogP contribution is 2.34. The van der Waals surface area contributed by atoms with E-state index in [1.54, 1.807) is 0 Å². The van der Waals surface area contributed by atoms with E-state index in [0.717, 1.165) is 30.1 Å². The Labute approximate surface area is 196 Å². The zero-order valence-corrected chi connectivity index (χ0v) is 19.4. The van der Waals surface area contributed by atoms with E-state index < -0.39 is 5.97 Å². The van der Waals surface area contributed by atoms with E-state index in [1.807, 2.05) is 44.4 Å². The summed E-state index contributed by atoms with van der Waals surface area (Å²) in [7, 11) is 4.08. The minimum atomic E-state index is -0.679. The van der Waals surface area contributed by atoms with Crippen molar-refractivity contribution in [2.45, 2.75) is 25.5 Å². The Morgan fingerprint density at radius 2 is 1.52 bits per heavy atom. The number of rotatable bonds is 8. The Kier molecular flexibility index (Phi) is 7.30. The number of hydrogen-bond acceptors (Lipinski definition) is 4. The summed E-state index contributed by atoms with van der Waals surface area (Å²) in [6.07, 6.45) is 1.36. The molecule has 3 aromatic carbocycles. The summed E-state index contributed by atoms with van der Waals surface area (Å²) in [5.41, 5.74) is 4.70. The molecule has 0 aromatic heterocycles. The van der Waals surface area contributed by atoms with E-state index in [-0.39, 0.29) is 12.0 Å². The Balaban J connectivity index is 1.54. The minimum absolute atomic E-state index is 0.0825. The van der Waals surface area contributed by atoms with Gasteiger partial charge in [-0.3, -0.25) is 9.69 Å². The molecule has 172 valence electrons. The number of aliphatic carboxylic acids is 1. The van der Waals surface area contributed by atoms with E-state index in [2.05, 4.69) is 58.3 Å². The van der Waals surface area contributed by atoms with Crippen LogP contribution in [0.25, 0.3) is 0 Å². The lowest BCUT2D eigenvalue weighted by Crippen LogP contribution is -2.39. The van der Waals surface area contributed by atoms with Gasteiger partial charge >= 0.3 is 5.97 Å². The second kappa shape index (κ2) is 10.5. The molecule has 33 heavy (non-hydrogen) atoms. The fourth-order valence-electron chi connectivity index (χ4n) is 4.46. The number of nitrogens with zero attached hydrogens (tertiary/aromatic N) is 2. The summed E-state index contributed by atoms with van der Waals surface area (Å²) < 4.78 is 5.98. The van der Waals surface area contributed by atoms with Gasteiger partial charge in [0, 0.05) is 19.8 Å². The van der Waals surface area contributed by atoms with Crippen LogP contribution in [0.3, 0.4) is 0 Å². The van der Waals surface area contributed by atoms with Gasteiger partial charge in [-0.15, -0.1) is 0 Å².